The Balaban J connectivity index is 2.71. The maximum atomic E-state index is 13.1. The molecule has 1 fully saturated rings. The first-order chi connectivity index (χ1) is 6.43. The van der Waals surface area contributed by atoms with E-state index in [1.54, 1.807) is 0 Å². The van der Waals surface area contributed by atoms with Crippen molar-refractivity contribution < 1.29 is 28.2 Å². The maximum absolute atomic E-state index is 13.1. The fraction of sp³-hybridized carbons (Fsp3) is 0.875. The van der Waals surface area contributed by atoms with Crippen molar-refractivity contribution in [1.29, 1.82) is 0 Å². The Hall–Kier alpha value is -0.750. The number of rotatable bonds is 1. The Labute approximate surface area is 79.8 Å². The highest BCUT2D eigenvalue weighted by Crippen LogP contribution is 2.26. The Morgan fingerprint density at radius 3 is 2.57 bits per heavy atom. The molecule has 1 aliphatic heterocycles. The second-order valence-electron chi connectivity index (χ2n) is 3.20. The van der Waals surface area contributed by atoms with Gasteiger partial charge in [0.2, 0.25) is 6.36 Å². The molecular formula is C8H12F2O4. The lowest BCUT2D eigenvalue weighted by molar-refractivity contribution is -0.242. The van der Waals surface area contributed by atoms with Crippen LogP contribution in [0.15, 0.2) is 0 Å². The van der Waals surface area contributed by atoms with Gasteiger partial charge >= 0.3 is 5.97 Å². The van der Waals surface area contributed by atoms with Crippen molar-refractivity contribution in [1.82, 2.24) is 0 Å². The van der Waals surface area contributed by atoms with Crippen LogP contribution in [0.1, 0.15) is 13.8 Å². The van der Waals surface area contributed by atoms with Crippen LogP contribution in [0.2, 0.25) is 0 Å². The molecule has 0 spiro atoms. The van der Waals surface area contributed by atoms with E-state index >= 15 is 0 Å². The second kappa shape index (κ2) is 4.18. The molecule has 1 heterocycles. The molecule has 82 valence electrons. The molecule has 14 heavy (non-hydrogen) atoms. The summed E-state index contributed by atoms with van der Waals surface area (Å²) in [5.74, 6) is -0.766. The summed E-state index contributed by atoms with van der Waals surface area (Å²) in [6.07, 6.45) is -8.06. The van der Waals surface area contributed by atoms with Gasteiger partial charge in [-0.05, 0) is 6.92 Å². The first-order valence-electron chi connectivity index (χ1n) is 4.22. The highest BCUT2D eigenvalue weighted by Gasteiger charge is 2.46. The highest BCUT2D eigenvalue weighted by molar-refractivity contribution is 5.66. The smallest absolute Gasteiger partial charge is 0.303 e. The van der Waals surface area contributed by atoms with Crippen LogP contribution < -0.4 is 0 Å². The van der Waals surface area contributed by atoms with Crippen LogP contribution in [0.3, 0.4) is 0 Å². The lowest BCUT2D eigenvalue weighted by Crippen LogP contribution is -2.55. The summed E-state index contributed by atoms with van der Waals surface area (Å²) in [7, 11) is 0. The third-order valence-electron chi connectivity index (χ3n) is 2.03. The first kappa shape index (κ1) is 11.3. The summed E-state index contributed by atoms with van der Waals surface area (Å²) < 4.78 is 34.8. The topological polar surface area (TPSA) is 55.8 Å². The number of carbonyl (C=O) groups is 1. The highest BCUT2D eigenvalue weighted by atomic mass is 19.2. The lowest BCUT2D eigenvalue weighted by Gasteiger charge is -2.36. The van der Waals surface area contributed by atoms with E-state index < -0.39 is 36.8 Å². The standard InChI is InChI=1S/C8H12F2O4/c1-3-6(12)7(14-4(2)11)5(9)8(10)13-3/h3,5-8,12H,1-2H3/t3-,5?,6+,7-,8?/m0/s1. The van der Waals surface area contributed by atoms with Gasteiger partial charge in [-0.15, -0.1) is 0 Å². The predicted octanol–water partition coefficient (Wildman–Crippen LogP) is 0.331. The van der Waals surface area contributed by atoms with Gasteiger partial charge in [0.25, 0.3) is 0 Å². The summed E-state index contributed by atoms with van der Waals surface area (Å²) >= 11 is 0. The van der Waals surface area contributed by atoms with Crippen LogP contribution in [0.25, 0.3) is 0 Å². The summed E-state index contributed by atoms with van der Waals surface area (Å²) in [4.78, 5) is 10.6. The Morgan fingerprint density at radius 1 is 1.50 bits per heavy atom. The zero-order valence-corrected chi connectivity index (χ0v) is 7.81. The van der Waals surface area contributed by atoms with Gasteiger partial charge in [0, 0.05) is 6.92 Å². The number of alkyl halides is 2. The average Bonchev–Trinajstić information content (AvgIpc) is 2.09. The monoisotopic (exact) mass is 210 g/mol. The van der Waals surface area contributed by atoms with Crippen molar-refractivity contribution in [2.24, 2.45) is 0 Å². The number of halogens is 2. The third kappa shape index (κ3) is 2.19. The zero-order chi connectivity index (χ0) is 10.9. The molecule has 0 aromatic heterocycles. The minimum Gasteiger partial charge on any atom is -0.456 e. The van der Waals surface area contributed by atoms with Crippen molar-refractivity contribution in [3.63, 3.8) is 0 Å². The molecule has 1 saturated heterocycles. The van der Waals surface area contributed by atoms with E-state index in [0.29, 0.717) is 0 Å². The van der Waals surface area contributed by atoms with Crippen LogP contribution in [0, 0.1) is 0 Å². The normalized spacial score (nSPS) is 43.4. The molecule has 0 radical (unpaired) electrons. The van der Waals surface area contributed by atoms with Gasteiger partial charge in [-0.2, -0.15) is 0 Å². The minimum absolute atomic E-state index is 0.766. The van der Waals surface area contributed by atoms with Crippen molar-refractivity contribution in [2.45, 2.75) is 44.7 Å². The summed E-state index contributed by atoms with van der Waals surface area (Å²) in [6, 6.07) is 0. The van der Waals surface area contributed by atoms with E-state index in [2.05, 4.69) is 9.47 Å². The van der Waals surface area contributed by atoms with E-state index in [1.807, 2.05) is 0 Å². The fourth-order valence-corrected chi connectivity index (χ4v) is 1.29. The van der Waals surface area contributed by atoms with Gasteiger partial charge in [-0.25, -0.2) is 8.78 Å². The summed E-state index contributed by atoms with van der Waals surface area (Å²) in [5, 5.41) is 9.37. The van der Waals surface area contributed by atoms with E-state index in [9.17, 15) is 18.7 Å². The van der Waals surface area contributed by atoms with Gasteiger partial charge < -0.3 is 14.6 Å². The molecule has 1 N–H and O–H groups in total. The number of hydrogen-bond acceptors (Lipinski definition) is 4. The van der Waals surface area contributed by atoms with Crippen molar-refractivity contribution in [2.75, 3.05) is 0 Å². The Morgan fingerprint density at radius 2 is 2.07 bits per heavy atom. The molecule has 0 aromatic carbocycles. The molecule has 5 atom stereocenters. The largest absolute Gasteiger partial charge is 0.456 e. The number of aliphatic hydroxyl groups is 1. The molecule has 1 rings (SSSR count). The van der Waals surface area contributed by atoms with E-state index in [4.69, 9.17) is 0 Å². The fourth-order valence-electron chi connectivity index (χ4n) is 1.29. The summed E-state index contributed by atoms with van der Waals surface area (Å²) in [6.45, 7) is 2.44. The van der Waals surface area contributed by atoms with Gasteiger partial charge in [0.05, 0.1) is 6.10 Å². The molecule has 0 saturated carbocycles. The molecule has 6 heteroatoms. The molecule has 0 aliphatic carbocycles. The third-order valence-corrected chi connectivity index (χ3v) is 2.03. The van der Waals surface area contributed by atoms with Crippen molar-refractivity contribution in [3.8, 4) is 0 Å². The Kier molecular flexibility index (Phi) is 3.38. The van der Waals surface area contributed by atoms with E-state index in [-0.39, 0.29) is 0 Å². The molecule has 0 bridgehead atoms. The number of ether oxygens (including phenoxy) is 2. The van der Waals surface area contributed by atoms with Crippen molar-refractivity contribution >= 4 is 5.97 Å². The number of carbonyl (C=O) groups excluding carboxylic acids is 1. The number of aliphatic hydroxyl groups excluding tert-OH is 1. The van der Waals surface area contributed by atoms with Crippen LogP contribution in [0.4, 0.5) is 8.78 Å². The van der Waals surface area contributed by atoms with Crippen LogP contribution in [0.5, 0.6) is 0 Å². The van der Waals surface area contributed by atoms with Crippen molar-refractivity contribution in [3.05, 3.63) is 0 Å². The number of hydrogen-bond donors (Lipinski definition) is 1. The lowest BCUT2D eigenvalue weighted by atomic mass is 10.0. The SMILES string of the molecule is CC(=O)O[C@H]1C(F)C(F)O[C@@H](C)[C@H]1O. The predicted molar refractivity (Wildman–Crippen MR) is 41.9 cm³/mol. The number of esters is 1. The van der Waals surface area contributed by atoms with Gasteiger partial charge in [-0.1, -0.05) is 0 Å². The molecule has 4 nitrogen and oxygen atoms in total. The van der Waals surface area contributed by atoms with E-state index in [1.165, 1.54) is 6.92 Å². The summed E-state index contributed by atoms with van der Waals surface area (Å²) in [5.41, 5.74) is 0. The molecule has 1 aliphatic rings. The molecule has 2 unspecified atom stereocenters. The van der Waals surface area contributed by atoms with Gasteiger partial charge in [-0.3, -0.25) is 4.79 Å². The molecular weight excluding hydrogens is 198 g/mol. The van der Waals surface area contributed by atoms with E-state index in [0.717, 1.165) is 6.92 Å². The minimum atomic E-state index is -2.17. The second-order valence-corrected chi connectivity index (χ2v) is 3.20. The molecule has 0 amide bonds. The van der Waals surface area contributed by atoms with Crippen LogP contribution >= 0.6 is 0 Å². The Bertz CT molecular complexity index is 209. The maximum Gasteiger partial charge on any atom is 0.303 e. The van der Waals surface area contributed by atoms with Crippen LogP contribution in [-0.2, 0) is 14.3 Å². The first-order valence-corrected chi connectivity index (χ1v) is 4.22. The van der Waals surface area contributed by atoms with Crippen LogP contribution in [-0.4, -0.2) is 41.9 Å². The zero-order valence-electron chi connectivity index (χ0n) is 7.81. The quantitative estimate of drug-likeness (QED) is 0.634. The van der Waals surface area contributed by atoms with Gasteiger partial charge in [0.15, 0.2) is 12.3 Å². The van der Waals surface area contributed by atoms with Gasteiger partial charge in [0.1, 0.15) is 6.10 Å². The average molecular weight is 210 g/mol. The molecule has 0 aromatic rings.